The summed E-state index contributed by atoms with van der Waals surface area (Å²) in [6.45, 7) is 1.93. The minimum Gasteiger partial charge on any atom is -0.356 e. The fourth-order valence-electron chi connectivity index (χ4n) is 3.69. The monoisotopic (exact) mass is 321 g/mol. The van der Waals surface area contributed by atoms with Crippen LogP contribution in [0.3, 0.4) is 0 Å². The summed E-state index contributed by atoms with van der Waals surface area (Å²) < 4.78 is 5.30. The van der Waals surface area contributed by atoms with E-state index < -0.39 is 0 Å². The lowest BCUT2D eigenvalue weighted by atomic mass is 10.1. The molecule has 1 aromatic heterocycles. The molecule has 2 aromatic rings. The molecular formula is C16H20ClN3O2. The van der Waals surface area contributed by atoms with Crippen LogP contribution in [0.1, 0.15) is 25.0 Å². The van der Waals surface area contributed by atoms with Crippen molar-refractivity contribution in [1.82, 2.24) is 15.4 Å². The summed E-state index contributed by atoms with van der Waals surface area (Å²) in [5.74, 6) is 0.185. The Bertz CT molecular complexity index is 658. The van der Waals surface area contributed by atoms with E-state index in [9.17, 15) is 4.79 Å². The van der Waals surface area contributed by atoms with Gasteiger partial charge in [-0.15, -0.1) is 12.4 Å². The van der Waals surface area contributed by atoms with Gasteiger partial charge in [0.15, 0.2) is 5.58 Å². The van der Waals surface area contributed by atoms with Gasteiger partial charge in [0.2, 0.25) is 5.91 Å². The summed E-state index contributed by atoms with van der Waals surface area (Å²) in [4.78, 5) is 14.8. The van der Waals surface area contributed by atoms with Gasteiger partial charge in [-0.1, -0.05) is 17.3 Å². The Morgan fingerprint density at radius 3 is 3.00 bits per heavy atom. The average Bonchev–Trinajstić information content (AvgIpc) is 2.99. The van der Waals surface area contributed by atoms with Gasteiger partial charge in [-0.25, -0.2) is 0 Å². The van der Waals surface area contributed by atoms with Gasteiger partial charge >= 0.3 is 0 Å². The number of aromatic nitrogens is 1. The second-order valence-corrected chi connectivity index (χ2v) is 5.98. The zero-order chi connectivity index (χ0) is 14.2. The first kappa shape index (κ1) is 15.3. The molecule has 118 valence electrons. The van der Waals surface area contributed by atoms with Gasteiger partial charge < -0.3 is 14.7 Å². The summed E-state index contributed by atoms with van der Waals surface area (Å²) in [6, 6.07) is 8.47. The van der Waals surface area contributed by atoms with Crippen LogP contribution in [0, 0.1) is 0 Å². The summed E-state index contributed by atoms with van der Waals surface area (Å²) >= 11 is 0. The van der Waals surface area contributed by atoms with Crippen LogP contribution in [0.4, 0.5) is 0 Å². The highest BCUT2D eigenvalue weighted by Gasteiger charge is 2.38. The van der Waals surface area contributed by atoms with Crippen molar-refractivity contribution in [3.05, 3.63) is 30.0 Å². The standard InChI is InChI=1S/C16H19N3O2.ClH/c20-16(19-11-5-6-12(19)10-17-8-7-11)9-14-13-3-1-2-4-15(13)21-18-14;/h1-4,11-12,17H,5-10H2;1H. The van der Waals surface area contributed by atoms with E-state index >= 15 is 0 Å². The predicted molar refractivity (Wildman–Crippen MR) is 86.1 cm³/mol. The zero-order valence-electron chi connectivity index (χ0n) is 12.3. The molecule has 2 atom stereocenters. The van der Waals surface area contributed by atoms with Crippen molar-refractivity contribution in [2.45, 2.75) is 37.8 Å². The lowest BCUT2D eigenvalue weighted by Gasteiger charge is -2.27. The number of hydrogen-bond donors (Lipinski definition) is 1. The summed E-state index contributed by atoms with van der Waals surface area (Å²) in [5.41, 5.74) is 1.51. The van der Waals surface area contributed by atoms with Gasteiger partial charge in [-0.05, 0) is 37.9 Å². The highest BCUT2D eigenvalue weighted by molar-refractivity contribution is 5.86. The number of nitrogens with one attached hydrogen (secondary N) is 1. The van der Waals surface area contributed by atoms with Gasteiger partial charge in [0.05, 0.1) is 6.42 Å². The quantitative estimate of drug-likeness (QED) is 0.920. The lowest BCUT2D eigenvalue weighted by Crippen LogP contribution is -2.43. The smallest absolute Gasteiger partial charge is 0.229 e. The van der Waals surface area contributed by atoms with Crippen molar-refractivity contribution >= 4 is 29.3 Å². The Kier molecular flexibility index (Phi) is 4.36. The molecule has 3 heterocycles. The van der Waals surface area contributed by atoms with Crippen LogP contribution in [0.2, 0.25) is 0 Å². The van der Waals surface area contributed by atoms with Crippen LogP contribution < -0.4 is 5.32 Å². The van der Waals surface area contributed by atoms with E-state index in [0.717, 1.165) is 49.0 Å². The van der Waals surface area contributed by atoms with Gasteiger partial charge in [0, 0.05) is 24.0 Å². The first-order valence-corrected chi connectivity index (χ1v) is 7.68. The number of nitrogens with zero attached hydrogens (tertiary/aromatic N) is 2. The molecule has 22 heavy (non-hydrogen) atoms. The maximum atomic E-state index is 12.7. The van der Waals surface area contributed by atoms with Crippen molar-refractivity contribution in [3.8, 4) is 0 Å². The molecular weight excluding hydrogens is 302 g/mol. The van der Waals surface area contributed by atoms with Crippen molar-refractivity contribution in [2.75, 3.05) is 13.1 Å². The molecule has 0 saturated carbocycles. The average molecular weight is 322 g/mol. The number of amides is 1. The highest BCUT2D eigenvalue weighted by Crippen LogP contribution is 2.29. The topological polar surface area (TPSA) is 58.4 Å². The van der Waals surface area contributed by atoms with Crippen molar-refractivity contribution < 1.29 is 9.32 Å². The van der Waals surface area contributed by atoms with Crippen LogP contribution in [-0.4, -0.2) is 41.1 Å². The molecule has 0 radical (unpaired) electrons. The second kappa shape index (κ2) is 6.26. The largest absolute Gasteiger partial charge is 0.356 e. The van der Waals surface area contributed by atoms with E-state index in [1.165, 1.54) is 0 Å². The first-order valence-electron chi connectivity index (χ1n) is 7.68. The number of carbonyl (C=O) groups is 1. The van der Waals surface area contributed by atoms with Crippen LogP contribution in [0.25, 0.3) is 11.0 Å². The number of hydrogen-bond acceptors (Lipinski definition) is 4. The van der Waals surface area contributed by atoms with E-state index in [4.69, 9.17) is 4.52 Å². The molecule has 1 N–H and O–H groups in total. The molecule has 4 rings (SSSR count). The van der Waals surface area contributed by atoms with Gasteiger partial charge in [-0.2, -0.15) is 0 Å². The zero-order valence-corrected chi connectivity index (χ0v) is 13.1. The minimum absolute atomic E-state index is 0. The van der Waals surface area contributed by atoms with E-state index in [2.05, 4.69) is 15.4 Å². The van der Waals surface area contributed by atoms with Gasteiger partial charge in [0.1, 0.15) is 5.69 Å². The third kappa shape index (κ3) is 2.59. The van der Waals surface area contributed by atoms with E-state index in [-0.39, 0.29) is 18.3 Å². The maximum Gasteiger partial charge on any atom is 0.229 e. The second-order valence-electron chi connectivity index (χ2n) is 5.98. The third-order valence-corrected chi connectivity index (χ3v) is 4.71. The van der Waals surface area contributed by atoms with E-state index in [1.54, 1.807) is 0 Å². The molecule has 2 aliphatic heterocycles. The number of carbonyl (C=O) groups excluding carboxylic acids is 1. The predicted octanol–water partition coefficient (Wildman–Crippen LogP) is 2.14. The van der Waals surface area contributed by atoms with Crippen LogP contribution in [0.15, 0.2) is 28.8 Å². The molecule has 2 saturated heterocycles. The van der Waals surface area contributed by atoms with Crippen molar-refractivity contribution in [2.24, 2.45) is 0 Å². The molecule has 5 nitrogen and oxygen atoms in total. The number of benzene rings is 1. The number of fused-ring (bicyclic) bond motifs is 3. The Morgan fingerprint density at radius 2 is 2.09 bits per heavy atom. The highest BCUT2D eigenvalue weighted by atomic mass is 35.5. The number of para-hydroxylation sites is 1. The molecule has 2 unspecified atom stereocenters. The fraction of sp³-hybridized carbons (Fsp3) is 0.500. The minimum atomic E-state index is 0. The van der Waals surface area contributed by atoms with Crippen LogP contribution in [-0.2, 0) is 11.2 Å². The van der Waals surface area contributed by atoms with Gasteiger partial charge in [-0.3, -0.25) is 4.79 Å². The molecule has 0 spiro atoms. The first-order chi connectivity index (χ1) is 10.3. The SMILES string of the molecule is Cl.O=C(Cc1noc2ccccc12)N1C2CCNCC1CC2. The van der Waals surface area contributed by atoms with Crippen molar-refractivity contribution in [1.29, 1.82) is 0 Å². The number of halogens is 1. The Labute approximate surface area is 135 Å². The summed E-state index contributed by atoms with van der Waals surface area (Å²) in [6.07, 6.45) is 3.65. The van der Waals surface area contributed by atoms with Crippen LogP contribution in [0.5, 0.6) is 0 Å². The molecule has 1 amide bonds. The lowest BCUT2D eigenvalue weighted by molar-refractivity contribution is -0.133. The van der Waals surface area contributed by atoms with Gasteiger partial charge in [0.25, 0.3) is 0 Å². The molecule has 2 bridgehead atoms. The van der Waals surface area contributed by atoms with E-state index in [1.807, 2.05) is 24.3 Å². The molecule has 1 aromatic carbocycles. The maximum absolute atomic E-state index is 12.7. The molecule has 2 fully saturated rings. The van der Waals surface area contributed by atoms with Crippen LogP contribution >= 0.6 is 12.4 Å². The summed E-state index contributed by atoms with van der Waals surface area (Å²) in [7, 11) is 0. The normalized spacial score (nSPS) is 24.1. The third-order valence-electron chi connectivity index (χ3n) is 4.71. The molecule has 6 heteroatoms. The Morgan fingerprint density at radius 1 is 1.27 bits per heavy atom. The van der Waals surface area contributed by atoms with E-state index in [0.29, 0.717) is 18.5 Å². The summed E-state index contributed by atoms with van der Waals surface area (Å²) in [5, 5.41) is 8.46. The molecule has 2 aliphatic rings. The number of rotatable bonds is 2. The Balaban J connectivity index is 0.00000144. The van der Waals surface area contributed by atoms with Crippen molar-refractivity contribution in [3.63, 3.8) is 0 Å². The fourth-order valence-corrected chi connectivity index (χ4v) is 3.69. The Hall–Kier alpha value is -1.59. The molecule has 0 aliphatic carbocycles.